The second-order valence-electron chi connectivity index (χ2n) is 7.44. The quantitative estimate of drug-likeness (QED) is 0.624. The van der Waals surface area contributed by atoms with Crippen LogP contribution in [0.5, 0.6) is 0 Å². The van der Waals surface area contributed by atoms with E-state index in [9.17, 15) is 9.18 Å². The molecular formula is C22H25ClFNO. The monoisotopic (exact) mass is 372 g/mol. The van der Waals surface area contributed by atoms with Crippen LogP contribution in [0.1, 0.15) is 48.5 Å². The predicted molar refractivity (Wildman–Crippen MR) is 104 cm³/mol. The molecule has 2 aromatic rings. The van der Waals surface area contributed by atoms with Crippen LogP contribution in [0.2, 0.25) is 5.02 Å². The number of likely N-dealkylation sites (tertiary alicyclic amines) is 1. The molecule has 1 heterocycles. The molecule has 0 atom stereocenters. The number of hydrogen-bond donors (Lipinski definition) is 0. The topological polar surface area (TPSA) is 20.3 Å². The molecule has 2 aromatic carbocycles. The first-order valence-corrected chi connectivity index (χ1v) is 9.61. The van der Waals surface area contributed by atoms with Gasteiger partial charge in [-0.3, -0.25) is 4.79 Å². The number of Topliss-reactive ketones (excluding diaryl/α,β-unsaturated/α-hetero) is 1. The van der Waals surface area contributed by atoms with Crippen LogP contribution in [-0.4, -0.2) is 30.3 Å². The van der Waals surface area contributed by atoms with Crippen molar-refractivity contribution in [2.24, 2.45) is 0 Å². The standard InChI is InChI=1S/C22H25ClFNO/c1-22(18-6-8-19(23)9-7-18)12-15-25(16-13-22)14-2-3-21(26)17-4-10-20(24)11-5-17/h4-11H,2-3,12-16H2,1H3/i24-1. The van der Waals surface area contributed by atoms with Crippen molar-refractivity contribution in [1.29, 1.82) is 0 Å². The summed E-state index contributed by atoms with van der Waals surface area (Å²) >= 11 is 6.00. The molecule has 2 nitrogen and oxygen atoms in total. The number of rotatable bonds is 6. The van der Waals surface area contributed by atoms with Gasteiger partial charge in [0, 0.05) is 17.0 Å². The molecule has 0 amide bonds. The fourth-order valence-corrected chi connectivity index (χ4v) is 3.78. The van der Waals surface area contributed by atoms with Crippen molar-refractivity contribution in [3.05, 3.63) is 70.5 Å². The normalized spacial score (nSPS) is 17.2. The Morgan fingerprint density at radius 3 is 2.31 bits per heavy atom. The van der Waals surface area contributed by atoms with Gasteiger partial charge >= 0.3 is 0 Å². The largest absolute Gasteiger partial charge is 0.303 e. The lowest BCUT2D eigenvalue weighted by Crippen LogP contribution is -2.41. The Kier molecular flexibility index (Phi) is 6.10. The van der Waals surface area contributed by atoms with E-state index in [0.29, 0.717) is 12.0 Å². The smallest absolute Gasteiger partial charge is 0.162 e. The second kappa shape index (κ2) is 8.32. The van der Waals surface area contributed by atoms with Gasteiger partial charge in [0.25, 0.3) is 0 Å². The summed E-state index contributed by atoms with van der Waals surface area (Å²) in [6.07, 6.45) is 3.57. The zero-order chi connectivity index (χ0) is 18.6. The Balaban J connectivity index is 1.44. The number of ketones is 1. The first-order chi connectivity index (χ1) is 12.5. The molecule has 138 valence electrons. The van der Waals surface area contributed by atoms with Gasteiger partial charge < -0.3 is 4.90 Å². The summed E-state index contributed by atoms with van der Waals surface area (Å²) in [5, 5.41) is 0.778. The molecule has 26 heavy (non-hydrogen) atoms. The van der Waals surface area contributed by atoms with Crippen LogP contribution < -0.4 is 0 Å². The number of carbonyl (C=O) groups excluding carboxylic acids is 1. The molecule has 1 aliphatic heterocycles. The number of piperidine rings is 1. The fourth-order valence-electron chi connectivity index (χ4n) is 3.65. The van der Waals surface area contributed by atoms with E-state index >= 15 is 0 Å². The fraction of sp³-hybridized carbons (Fsp3) is 0.409. The van der Waals surface area contributed by atoms with Crippen molar-refractivity contribution in [2.75, 3.05) is 19.6 Å². The van der Waals surface area contributed by atoms with Crippen molar-refractivity contribution >= 4 is 17.4 Å². The van der Waals surface area contributed by atoms with E-state index in [1.54, 1.807) is 12.1 Å². The van der Waals surface area contributed by atoms with Gasteiger partial charge in [-0.2, -0.15) is 0 Å². The van der Waals surface area contributed by atoms with Gasteiger partial charge in [0.05, 0.1) is 0 Å². The van der Waals surface area contributed by atoms with Gasteiger partial charge in [-0.25, -0.2) is 4.39 Å². The van der Waals surface area contributed by atoms with Crippen molar-refractivity contribution in [2.45, 2.75) is 38.0 Å². The molecule has 0 saturated carbocycles. The lowest BCUT2D eigenvalue weighted by molar-refractivity contribution is 0.0968. The maximum absolute atomic E-state index is 12.9. The SMILES string of the molecule is CC1(c2ccc(Cl)cc2)CCN(CCCC(=O)c2ccc([18F])cc2)CC1. The summed E-state index contributed by atoms with van der Waals surface area (Å²) in [6, 6.07) is 14.0. The molecule has 0 aliphatic carbocycles. The Labute approximate surface area is 160 Å². The van der Waals surface area contributed by atoms with Crippen LogP contribution in [0.3, 0.4) is 0 Å². The lowest BCUT2D eigenvalue weighted by atomic mass is 9.74. The van der Waals surface area contributed by atoms with Gasteiger partial charge in [0.2, 0.25) is 0 Å². The van der Waals surface area contributed by atoms with E-state index in [1.165, 1.54) is 17.7 Å². The van der Waals surface area contributed by atoms with Gasteiger partial charge in [-0.05, 0) is 86.3 Å². The molecule has 0 spiro atoms. The van der Waals surface area contributed by atoms with E-state index in [2.05, 4.69) is 24.0 Å². The average molecular weight is 373 g/mol. The highest BCUT2D eigenvalue weighted by molar-refractivity contribution is 6.30. The second-order valence-corrected chi connectivity index (χ2v) is 7.88. The number of nitrogens with zero attached hydrogens (tertiary/aromatic N) is 1. The highest BCUT2D eigenvalue weighted by Gasteiger charge is 2.31. The first kappa shape index (κ1) is 19.1. The minimum atomic E-state index is -0.307. The average Bonchev–Trinajstić information content (AvgIpc) is 2.64. The van der Waals surface area contributed by atoms with Crippen molar-refractivity contribution in [3.8, 4) is 0 Å². The third-order valence-electron chi connectivity index (χ3n) is 5.55. The van der Waals surface area contributed by atoms with E-state index in [0.717, 1.165) is 43.9 Å². The van der Waals surface area contributed by atoms with Gasteiger partial charge in [0.15, 0.2) is 5.78 Å². The Morgan fingerprint density at radius 2 is 1.69 bits per heavy atom. The highest BCUT2D eigenvalue weighted by Crippen LogP contribution is 2.35. The molecule has 0 bridgehead atoms. The zero-order valence-electron chi connectivity index (χ0n) is 15.2. The lowest BCUT2D eigenvalue weighted by Gasteiger charge is -2.40. The minimum Gasteiger partial charge on any atom is -0.303 e. The van der Waals surface area contributed by atoms with Crippen LogP contribution in [-0.2, 0) is 5.41 Å². The zero-order valence-corrected chi connectivity index (χ0v) is 15.9. The summed E-state index contributed by atoms with van der Waals surface area (Å²) in [7, 11) is 0. The van der Waals surface area contributed by atoms with E-state index in [4.69, 9.17) is 11.6 Å². The molecule has 1 saturated heterocycles. The third kappa shape index (κ3) is 4.72. The number of hydrogen-bond acceptors (Lipinski definition) is 2. The van der Waals surface area contributed by atoms with Crippen LogP contribution in [0.4, 0.5) is 4.39 Å². The Hall–Kier alpha value is -1.71. The summed E-state index contributed by atoms with van der Waals surface area (Å²) in [6.45, 7) is 5.35. The predicted octanol–water partition coefficient (Wildman–Crippen LogP) is 5.50. The summed E-state index contributed by atoms with van der Waals surface area (Å²) < 4.78 is 12.9. The van der Waals surface area contributed by atoms with E-state index in [-0.39, 0.29) is 17.0 Å². The molecule has 0 aromatic heterocycles. The number of carbonyl (C=O) groups is 1. The van der Waals surface area contributed by atoms with Crippen molar-refractivity contribution < 1.29 is 9.18 Å². The molecule has 0 unspecified atom stereocenters. The Bertz CT molecular complexity index is 734. The molecule has 3 rings (SSSR count). The van der Waals surface area contributed by atoms with Crippen LogP contribution in [0.25, 0.3) is 0 Å². The van der Waals surface area contributed by atoms with E-state index in [1.807, 2.05) is 12.1 Å². The molecule has 1 aliphatic rings. The van der Waals surface area contributed by atoms with Gasteiger partial charge in [0.1, 0.15) is 5.82 Å². The molecule has 0 radical (unpaired) electrons. The van der Waals surface area contributed by atoms with Crippen molar-refractivity contribution in [3.63, 3.8) is 0 Å². The van der Waals surface area contributed by atoms with Crippen LogP contribution >= 0.6 is 11.6 Å². The van der Waals surface area contributed by atoms with Gasteiger partial charge in [-0.1, -0.05) is 30.7 Å². The number of benzene rings is 2. The summed E-state index contributed by atoms with van der Waals surface area (Å²) in [5.74, 6) is -0.216. The Morgan fingerprint density at radius 1 is 1.08 bits per heavy atom. The van der Waals surface area contributed by atoms with Crippen LogP contribution in [0, 0.1) is 5.82 Å². The number of halogens is 2. The first-order valence-electron chi connectivity index (χ1n) is 9.23. The molecule has 4 heteroatoms. The molecular weight excluding hydrogens is 348 g/mol. The highest BCUT2D eigenvalue weighted by atomic mass is 35.5. The van der Waals surface area contributed by atoms with Crippen molar-refractivity contribution in [1.82, 2.24) is 4.90 Å². The summed E-state index contributed by atoms with van der Waals surface area (Å²) in [5.41, 5.74) is 2.15. The van der Waals surface area contributed by atoms with Crippen LogP contribution in [0.15, 0.2) is 48.5 Å². The maximum atomic E-state index is 12.9. The summed E-state index contributed by atoms with van der Waals surface area (Å²) in [4.78, 5) is 14.6. The molecule has 0 N–H and O–H groups in total. The van der Waals surface area contributed by atoms with Gasteiger partial charge in [-0.15, -0.1) is 0 Å². The maximum Gasteiger partial charge on any atom is 0.162 e. The minimum absolute atomic E-state index is 0.0908. The van der Waals surface area contributed by atoms with E-state index < -0.39 is 0 Å². The molecule has 1 fully saturated rings. The third-order valence-corrected chi connectivity index (χ3v) is 5.80.